The van der Waals surface area contributed by atoms with E-state index in [0.29, 0.717) is 47.8 Å². The Hall–Kier alpha value is -2.94. The number of thiazole rings is 1. The van der Waals surface area contributed by atoms with E-state index in [0.717, 1.165) is 11.3 Å². The van der Waals surface area contributed by atoms with Gasteiger partial charge in [-0.25, -0.2) is 4.98 Å². The number of carbonyl (C=O) groups is 2. The number of hydrogen-bond donors (Lipinski definition) is 1. The number of nitrogens with zero attached hydrogens (tertiary/aromatic N) is 2. The molecule has 2 heterocycles. The van der Waals surface area contributed by atoms with E-state index in [9.17, 15) is 9.59 Å². The first-order valence-corrected chi connectivity index (χ1v) is 11.0. The zero-order valence-corrected chi connectivity index (χ0v) is 18.1. The predicted octanol–water partition coefficient (Wildman–Crippen LogP) is 3.95. The van der Waals surface area contributed by atoms with Gasteiger partial charge < -0.3 is 14.4 Å². The van der Waals surface area contributed by atoms with E-state index in [1.807, 2.05) is 23.6 Å². The second-order valence-corrected chi connectivity index (χ2v) is 8.10. The molecule has 1 aliphatic rings. The van der Waals surface area contributed by atoms with Gasteiger partial charge in [0.25, 0.3) is 11.8 Å². The maximum atomic E-state index is 12.5. The second-order valence-electron chi connectivity index (χ2n) is 6.81. The van der Waals surface area contributed by atoms with E-state index in [1.54, 1.807) is 35.2 Å². The number of hydrogen-bond acceptors (Lipinski definition) is 6. The summed E-state index contributed by atoms with van der Waals surface area (Å²) in [6.45, 7) is 2.22. The normalized spacial score (nSPS) is 13.6. The number of rotatable bonds is 6. The molecule has 0 radical (unpaired) electrons. The fourth-order valence-electron chi connectivity index (χ4n) is 3.03. The van der Waals surface area contributed by atoms with Crippen LogP contribution in [0.3, 0.4) is 0 Å². The first kappa shape index (κ1) is 21.3. The summed E-state index contributed by atoms with van der Waals surface area (Å²) < 4.78 is 10.8. The Balaban J connectivity index is 1.32. The third-order valence-electron chi connectivity index (χ3n) is 4.69. The van der Waals surface area contributed by atoms with Crippen molar-refractivity contribution < 1.29 is 19.1 Å². The van der Waals surface area contributed by atoms with Crippen LogP contribution in [0.4, 0.5) is 5.13 Å². The van der Waals surface area contributed by atoms with Crippen molar-refractivity contribution in [3.63, 3.8) is 0 Å². The van der Waals surface area contributed by atoms with Gasteiger partial charge in [0.15, 0.2) is 11.7 Å². The number of nitrogens with one attached hydrogen (secondary N) is 1. The summed E-state index contributed by atoms with van der Waals surface area (Å²) in [5.74, 6) is 0.169. The third kappa shape index (κ3) is 5.61. The smallest absolute Gasteiger partial charge is 0.260 e. The quantitative estimate of drug-likeness (QED) is 0.606. The van der Waals surface area contributed by atoms with E-state index in [1.165, 1.54) is 11.3 Å². The molecule has 31 heavy (non-hydrogen) atoms. The minimum atomic E-state index is -0.275. The number of ether oxygens (including phenoxy) is 2. The molecule has 1 aliphatic heterocycles. The lowest BCUT2D eigenvalue weighted by Crippen LogP contribution is -2.42. The van der Waals surface area contributed by atoms with Crippen LogP contribution >= 0.6 is 22.9 Å². The number of anilines is 1. The minimum absolute atomic E-state index is 0.0447. The first-order valence-electron chi connectivity index (χ1n) is 9.70. The van der Waals surface area contributed by atoms with Gasteiger partial charge in [-0.15, -0.1) is 11.3 Å². The summed E-state index contributed by atoms with van der Waals surface area (Å²) in [7, 11) is 0. The summed E-state index contributed by atoms with van der Waals surface area (Å²) in [6.07, 6.45) is 0. The number of morpholine rings is 1. The Labute approximate surface area is 188 Å². The fourth-order valence-corrected chi connectivity index (χ4v) is 3.94. The van der Waals surface area contributed by atoms with Crippen molar-refractivity contribution in [2.75, 3.05) is 38.2 Å². The van der Waals surface area contributed by atoms with Gasteiger partial charge in [-0.3, -0.25) is 14.9 Å². The molecule has 0 spiro atoms. The van der Waals surface area contributed by atoms with Crippen LogP contribution in [0.15, 0.2) is 53.9 Å². The molecule has 2 aromatic carbocycles. The van der Waals surface area contributed by atoms with Crippen LogP contribution in [0.25, 0.3) is 11.3 Å². The summed E-state index contributed by atoms with van der Waals surface area (Å²) in [5, 5.41) is 5.79. The topological polar surface area (TPSA) is 80.8 Å². The van der Waals surface area contributed by atoms with Crippen LogP contribution in [0.1, 0.15) is 10.4 Å². The highest BCUT2D eigenvalue weighted by atomic mass is 35.5. The van der Waals surface area contributed by atoms with Gasteiger partial charge in [-0.1, -0.05) is 23.7 Å². The highest BCUT2D eigenvalue weighted by molar-refractivity contribution is 7.14. The van der Waals surface area contributed by atoms with E-state index < -0.39 is 0 Å². The molecule has 4 rings (SSSR count). The lowest BCUT2D eigenvalue weighted by atomic mass is 10.2. The Morgan fingerprint density at radius 2 is 1.94 bits per heavy atom. The second kappa shape index (κ2) is 9.91. The molecule has 9 heteroatoms. The monoisotopic (exact) mass is 457 g/mol. The molecule has 7 nitrogen and oxygen atoms in total. The molecule has 160 valence electrons. The molecule has 0 aliphatic carbocycles. The summed E-state index contributed by atoms with van der Waals surface area (Å²) in [6, 6.07) is 14.0. The molecule has 1 fully saturated rings. The van der Waals surface area contributed by atoms with E-state index in [-0.39, 0.29) is 18.4 Å². The SMILES string of the molecule is O=C(Nc1nc(-c2cccc(Cl)c2)cs1)c1ccc(OCC(=O)N2CCOCC2)cc1. The van der Waals surface area contributed by atoms with E-state index in [2.05, 4.69) is 10.3 Å². The van der Waals surface area contributed by atoms with Crippen molar-refractivity contribution in [2.24, 2.45) is 0 Å². The highest BCUT2D eigenvalue weighted by Crippen LogP contribution is 2.27. The van der Waals surface area contributed by atoms with Crippen molar-refractivity contribution in [1.29, 1.82) is 0 Å². The molecule has 2 amide bonds. The Bertz CT molecular complexity index is 1060. The maximum absolute atomic E-state index is 12.5. The number of carbonyl (C=O) groups excluding carboxylic acids is 2. The van der Waals surface area contributed by atoms with Crippen molar-refractivity contribution in [3.05, 3.63) is 64.5 Å². The lowest BCUT2D eigenvalue weighted by Gasteiger charge is -2.26. The molecule has 0 unspecified atom stereocenters. The zero-order valence-electron chi connectivity index (χ0n) is 16.5. The van der Waals surface area contributed by atoms with Crippen LogP contribution in [0.2, 0.25) is 5.02 Å². The highest BCUT2D eigenvalue weighted by Gasteiger charge is 2.17. The van der Waals surface area contributed by atoms with Crippen LogP contribution in [0.5, 0.6) is 5.75 Å². The molecular formula is C22H20ClN3O4S. The summed E-state index contributed by atoms with van der Waals surface area (Å²) in [5.41, 5.74) is 2.10. The summed E-state index contributed by atoms with van der Waals surface area (Å²) >= 11 is 7.37. The number of aromatic nitrogens is 1. The molecule has 3 aromatic rings. The van der Waals surface area contributed by atoms with Crippen LogP contribution < -0.4 is 10.1 Å². The van der Waals surface area contributed by atoms with Crippen molar-refractivity contribution in [1.82, 2.24) is 9.88 Å². The van der Waals surface area contributed by atoms with E-state index >= 15 is 0 Å². The van der Waals surface area contributed by atoms with Crippen molar-refractivity contribution in [2.45, 2.75) is 0 Å². The molecule has 0 atom stereocenters. The van der Waals surface area contributed by atoms with E-state index in [4.69, 9.17) is 21.1 Å². The van der Waals surface area contributed by atoms with Crippen molar-refractivity contribution >= 4 is 39.9 Å². The van der Waals surface area contributed by atoms with Gasteiger partial charge >= 0.3 is 0 Å². The van der Waals surface area contributed by atoms with Gasteiger partial charge in [0.05, 0.1) is 18.9 Å². The van der Waals surface area contributed by atoms with Gasteiger partial charge in [-0.05, 0) is 36.4 Å². The third-order valence-corrected chi connectivity index (χ3v) is 5.68. The average molecular weight is 458 g/mol. The minimum Gasteiger partial charge on any atom is -0.484 e. The average Bonchev–Trinajstić information content (AvgIpc) is 3.27. The maximum Gasteiger partial charge on any atom is 0.260 e. The van der Waals surface area contributed by atoms with Crippen LogP contribution in [0, 0.1) is 0 Å². The van der Waals surface area contributed by atoms with Crippen LogP contribution in [-0.2, 0) is 9.53 Å². The standard InChI is InChI=1S/C22H20ClN3O4S/c23-17-3-1-2-16(12-17)19-14-31-22(24-19)25-21(28)15-4-6-18(7-5-15)30-13-20(27)26-8-10-29-11-9-26/h1-7,12,14H,8-11,13H2,(H,24,25,28). The lowest BCUT2D eigenvalue weighted by molar-refractivity contribution is -0.137. The number of benzene rings is 2. The Morgan fingerprint density at radius 3 is 2.68 bits per heavy atom. The van der Waals surface area contributed by atoms with Gasteiger partial charge in [0, 0.05) is 34.6 Å². The number of halogens is 1. The molecule has 1 saturated heterocycles. The van der Waals surface area contributed by atoms with Gasteiger partial charge in [0.1, 0.15) is 5.75 Å². The molecule has 1 aromatic heterocycles. The summed E-state index contributed by atoms with van der Waals surface area (Å²) in [4.78, 5) is 30.8. The molecular weight excluding hydrogens is 438 g/mol. The fraction of sp³-hybridized carbons (Fsp3) is 0.227. The van der Waals surface area contributed by atoms with Crippen LogP contribution in [-0.4, -0.2) is 54.6 Å². The molecule has 0 bridgehead atoms. The zero-order chi connectivity index (χ0) is 21.6. The molecule has 0 saturated carbocycles. The Kier molecular flexibility index (Phi) is 6.81. The first-order chi connectivity index (χ1) is 15.1. The van der Waals surface area contributed by atoms with Gasteiger partial charge in [-0.2, -0.15) is 0 Å². The predicted molar refractivity (Wildman–Crippen MR) is 120 cm³/mol. The molecule has 1 N–H and O–H groups in total. The van der Waals surface area contributed by atoms with Crippen molar-refractivity contribution in [3.8, 4) is 17.0 Å². The van der Waals surface area contributed by atoms with Gasteiger partial charge in [0.2, 0.25) is 0 Å². The largest absolute Gasteiger partial charge is 0.484 e. The Morgan fingerprint density at radius 1 is 1.16 bits per heavy atom. The number of amides is 2.